The first-order valence-corrected chi connectivity index (χ1v) is 8.33. The van der Waals surface area contributed by atoms with Crippen molar-refractivity contribution < 1.29 is 9.47 Å². The summed E-state index contributed by atoms with van der Waals surface area (Å²) >= 11 is 3.62. The van der Waals surface area contributed by atoms with Crippen LogP contribution in [-0.2, 0) is 11.3 Å². The highest BCUT2D eigenvalue weighted by molar-refractivity contribution is 9.10. The number of hydrogen-bond acceptors (Lipinski definition) is 3. The van der Waals surface area contributed by atoms with Crippen LogP contribution in [-0.4, -0.2) is 25.9 Å². The van der Waals surface area contributed by atoms with Gasteiger partial charge in [-0.2, -0.15) is 0 Å². The van der Waals surface area contributed by atoms with Crippen molar-refractivity contribution in [1.82, 2.24) is 5.32 Å². The van der Waals surface area contributed by atoms with E-state index in [0.29, 0.717) is 5.92 Å². The normalized spacial score (nSPS) is 20.1. The summed E-state index contributed by atoms with van der Waals surface area (Å²) in [7, 11) is 0. The predicted molar refractivity (Wildman–Crippen MR) is 83.0 cm³/mol. The minimum atomic E-state index is 0.625. The van der Waals surface area contributed by atoms with Crippen molar-refractivity contribution in [2.75, 3.05) is 19.8 Å². The lowest BCUT2D eigenvalue weighted by molar-refractivity contribution is 0.0495. The number of halogens is 1. The van der Waals surface area contributed by atoms with Crippen molar-refractivity contribution in [1.29, 1.82) is 0 Å². The Bertz CT molecular complexity index is 442. The minimum Gasteiger partial charge on any atom is -0.492 e. The van der Waals surface area contributed by atoms with Gasteiger partial charge in [0.25, 0.3) is 0 Å². The second kappa shape index (κ2) is 6.92. The second-order valence-corrected chi connectivity index (χ2v) is 6.60. The summed E-state index contributed by atoms with van der Waals surface area (Å²) < 4.78 is 12.6. The predicted octanol–water partition coefficient (Wildman–Crippen LogP) is 3.51. The van der Waals surface area contributed by atoms with Gasteiger partial charge in [0.2, 0.25) is 0 Å². The van der Waals surface area contributed by atoms with E-state index >= 15 is 0 Å². The van der Waals surface area contributed by atoms with Crippen molar-refractivity contribution >= 4 is 15.9 Å². The number of nitrogens with one attached hydrogen (secondary N) is 1. The van der Waals surface area contributed by atoms with E-state index in [-0.39, 0.29) is 0 Å². The van der Waals surface area contributed by atoms with Crippen LogP contribution >= 0.6 is 15.9 Å². The Morgan fingerprint density at radius 3 is 2.75 bits per heavy atom. The van der Waals surface area contributed by atoms with Crippen LogP contribution < -0.4 is 10.1 Å². The lowest BCUT2D eigenvalue weighted by Crippen LogP contribution is -2.22. The van der Waals surface area contributed by atoms with E-state index in [9.17, 15) is 0 Å². The van der Waals surface area contributed by atoms with Gasteiger partial charge in [-0.3, -0.25) is 0 Å². The van der Waals surface area contributed by atoms with Crippen molar-refractivity contribution in [3.63, 3.8) is 0 Å². The molecule has 0 atom stereocenters. The molecule has 0 bridgehead atoms. The van der Waals surface area contributed by atoms with Crippen molar-refractivity contribution in [3.8, 4) is 5.75 Å². The Kier molecular flexibility index (Phi) is 4.97. The first-order valence-electron chi connectivity index (χ1n) is 7.54. The zero-order chi connectivity index (χ0) is 13.8. The Hall–Kier alpha value is -0.580. The van der Waals surface area contributed by atoms with E-state index < -0.39 is 0 Å². The summed E-state index contributed by atoms with van der Waals surface area (Å²) in [6, 6.07) is 7.01. The summed E-state index contributed by atoms with van der Waals surface area (Å²) in [5.74, 6) is 1.63. The van der Waals surface area contributed by atoms with Crippen LogP contribution in [0.4, 0.5) is 0 Å². The number of para-hydroxylation sites is 1. The first-order chi connectivity index (χ1) is 9.83. The Balaban J connectivity index is 1.60. The van der Waals surface area contributed by atoms with Gasteiger partial charge in [0, 0.05) is 31.4 Å². The Morgan fingerprint density at radius 2 is 2.00 bits per heavy atom. The molecule has 1 aliphatic carbocycles. The first kappa shape index (κ1) is 14.4. The third kappa shape index (κ3) is 3.96. The molecule has 1 aromatic rings. The van der Waals surface area contributed by atoms with E-state index in [4.69, 9.17) is 9.47 Å². The number of rotatable bonds is 6. The van der Waals surface area contributed by atoms with Gasteiger partial charge >= 0.3 is 0 Å². The van der Waals surface area contributed by atoms with Crippen LogP contribution in [0.25, 0.3) is 0 Å². The number of ether oxygens (including phenoxy) is 2. The molecule has 1 aromatic carbocycles. The summed E-state index contributed by atoms with van der Waals surface area (Å²) in [6.45, 7) is 3.44. The molecule has 4 heteroatoms. The van der Waals surface area contributed by atoms with Crippen LogP contribution in [0, 0.1) is 5.92 Å². The van der Waals surface area contributed by atoms with E-state index in [1.807, 2.05) is 0 Å². The maximum absolute atomic E-state index is 6.12. The standard InChI is InChI=1S/C16H22BrNO2/c17-15-3-1-2-13(10-18-14-4-5-14)16(15)20-11-12-6-8-19-9-7-12/h1-3,12,14,18H,4-11H2. The highest BCUT2D eigenvalue weighted by Crippen LogP contribution is 2.31. The van der Waals surface area contributed by atoms with Gasteiger partial charge in [0.05, 0.1) is 11.1 Å². The molecule has 1 saturated heterocycles. The van der Waals surface area contributed by atoms with E-state index in [1.54, 1.807) is 0 Å². The fourth-order valence-corrected chi connectivity index (χ4v) is 3.03. The van der Waals surface area contributed by atoms with Crippen LogP contribution in [0.2, 0.25) is 0 Å². The molecule has 1 saturated carbocycles. The molecule has 1 N–H and O–H groups in total. The summed E-state index contributed by atoms with van der Waals surface area (Å²) in [5, 5.41) is 3.56. The second-order valence-electron chi connectivity index (χ2n) is 5.75. The molecule has 2 aliphatic rings. The third-order valence-corrected chi connectivity index (χ3v) is 4.64. The average Bonchev–Trinajstić information content (AvgIpc) is 3.29. The molecule has 1 aliphatic heterocycles. The number of hydrogen-bond donors (Lipinski definition) is 1. The fraction of sp³-hybridized carbons (Fsp3) is 0.625. The van der Waals surface area contributed by atoms with Crippen molar-refractivity contribution in [2.24, 2.45) is 5.92 Å². The average molecular weight is 340 g/mol. The molecule has 1 heterocycles. The van der Waals surface area contributed by atoms with Gasteiger partial charge in [0.1, 0.15) is 5.75 Å². The zero-order valence-electron chi connectivity index (χ0n) is 11.7. The molecule has 0 spiro atoms. The minimum absolute atomic E-state index is 0.625. The maximum atomic E-state index is 6.12. The molecule has 3 nitrogen and oxygen atoms in total. The molecule has 3 rings (SSSR count). The SMILES string of the molecule is Brc1cccc(CNC2CC2)c1OCC1CCOCC1. The van der Waals surface area contributed by atoms with Gasteiger partial charge in [-0.05, 0) is 53.6 Å². The largest absolute Gasteiger partial charge is 0.492 e. The molecular weight excluding hydrogens is 318 g/mol. The van der Waals surface area contributed by atoms with Crippen LogP contribution in [0.5, 0.6) is 5.75 Å². The van der Waals surface area contributed by atoms with Crippen LogP contribution in [0.3, 0.4) is 0 Å². The van der Waals surface area contributed by atoms with Crippen LogP contribution in [0.15, 0.2) is 22.7 Å². The van der Waals surface area contributed by atoms with E-state index in [1.165, 1.54) is 18.4 Å². The molecule has 2 fully saturated rings. The van der Waals surface area contributed by atoms with E-state index in [2.05, 4.69) is 39.4 Å². The van der Waals surface area contributed by atoms with Gasteiger partial charge in [-0.1, -0.05) is 12.1 Å². The smallest absolute Gasteiger partial charge is 0.137 e. The molecule has 0 radical (unpaired) electrons. The molecular formula is C16H22BrNO2. The van der Waals surface area contributed by atoms with Crippen LogP contribution in [0.1, 0.15) is 31.2 Å². The van der Waals surface area contributed by atoms with Crippen molar-refractivity contribution in [2.45, 2.75) is 38.3 Å². The topological polar surface area (TPSA) is 30.5 Å². The molecule has 0 aromatic heterocycles. The summed E-state index contributed by atoms with van der Waals surface area (Å²) in [5.41, 5.74) is 1.25. The quantitative estimate of drug-likeness (QED) is 0.860. The lowest BCUT2D eigenvalue weighted by Gasteiger charge is -2.23. The molecule has 110 valence electrons. The van der Waals surface area contributed by atoms with Gasteiger partial charge in [0.15, 0.2) is 0 Å². The number of benzene rings is 1. The Morgan fingerprint density at radius 1 is 1.20 bits per heavy atom. The molecule has 0 amide bonds. The maximum Gasteiger partial charge on any atom is 0.137 e. The lowest BCUT2D eigenvalue weighted by atomic mass is 10.0. The van der Waals surface area contributed by atoms with E-state index in [0.717, 1.165) is 55.5 Å². The monoisotopic (exact) mass is 339 g/mol. The molecule has 0 unspecified atom stereocenters. The van der Waals surface area contributed by atoms with Crippen molar-refractivity contribution in [3.05, 3.63) is 28.2 Å². The fourth-order valence-electron chi connectivity index (χ4n) is 2.51. The summed E-state index contributed by atoms with van der Waals surface area (Å²) in [6.07, 6.45) is 4.85. The van der Waals surface area contributed by atoms with Gasteiger partial charge in [-0.25, -0.2) is 0 Å². The highest BCUT2D eigenvalue weighted by Gasteiger charge is 2.21. The Labute approximate surface area is 129 Å². The summed E-state index contributed by atoms with van der Waals surface area (Å²) in [4.78, 5) is 0. The van der Waals surface area contributed by atoms with Gasteiger partial charge < -0.3 is 14.8 Å². The third-order valence-electron chi connectivity index (χ3n) is 4.01. The zero-order valence-corrected chi connectivity index (χ0v) is 13.3. The van der Waals surface area contributed by atoms with Gasteiger partial charge in [-0.15, -0.1) is 0 Å². The highest BCUT2D eigenvalue weighted by atomic mass is 79.9. The molecule has 20 heavy (non-hydrogen) atoms.